The Morgan fingerprint density at radius 1 is 0.758 bits per heavy atom. The first-order valence-corrected chi connectivity index (χ1v) is 9.91. The summed E-state index contributed by atoms with van der Waals surface area (Å²) in [4.78, 5) is 13.5. The first-order valence-electron chi connectivity index (χ1n) is 9.91. The molecule has 7 nitrogen and oxygen atoms in total. The van der Waals surface area contributed by atoms with Crippen molar-refractivity contribution in [2.24, 2.45) is 9.98 Å². The fourth-order valence-corrected chi connectivity index (χ4v) is 2.80. The van der Waals surface area contributed by atoms with Crippen molar-refractivity contribution in [1.82, 2.24) is 4.98 Å². The molecule has 0 saturated heterocycles. The molecule has 1 radical (unpaired) electrons. The van der Waals surface area contributed by atoms with Crippen LogP contribution in [0.25, 0.3) is 0 Å². The molecule has 0 unspecified atom stereocenters. The number of nitrogens with zero attached hydrogens (tertiary/aromatic N) is 3. The summed E-state index contributed by atoms with van der Waals surface area (Å²) in [5, 5.41) is 37.7. The van der Waals surface area contributed by atoms with Gasteiger partial charge in [-0.2, -0.15) is 0 Å². The van der Waals surface area contributed by atoms with Gasteiger partial charge in [-0.05, 0) is 23.3 Å². The van der Waals surface area contributed by atoms with Crippen LogP contribution in [0, 0.1) is 0 Å². The van der Waals surface area contributed by atoms with Gasteiger partial charge in [0.15, 0.2) is 0 Å². The molecular weight excluding hydrogens is 470 g/mol. The van der Waals surface area contributed by atoms with Crippen molar-refractivity contribution < 1.29 is 37.5 Å². The predicted molar refractivity (Wildman–Crippen MR) is 125 cm³/mol. The molecule has 0 aliphatic heterocycles. The van der Waals surface area contributed by atoms with Crippen LogP contribution in [0.3, 0.4) is 0 Å². The Bertz CT molecular complexity index is 925. The molecule has 1 heterocycles. The van der Waals surface area contributed by atoms with Crippen LogP contribution in [-0.4, -0.2) is 54.9 Å². The van der Waals surface area contributed by atoms with Gasteiger partial charge in [-0.3, -0.25) is 15.0 Å². The molecule has 0 aliphatic carbocycles. The monoisotopic (exact) mass is 498 g/mol. The molecule has 0 atom stereocenters. The summed E-state index contributed by atoms with van der Waals surface area (Å²) in [5.74, 6) is -0.119. The smallest absolute Gasteiger partial charge is 0.872 e. The Labute approximate surface area is 205 Å². The summed E-state index contributed by atoms with van der Waals surface area (Å²) in [6.07, 6.45) is 4.93. The Kier molecular flexibility index (Phi) is 15.1. The van der Waals surface area contributed by atoms with Crippen LogP contribution in [0.4, 0.5) is 0 Å². The van der Waals surface area contributed by atoms with E-state index in [-0.39, 0.29) is 28.6 Å². The van der Waals surface area contributed by atoms with E-state index in [9.17, 15) is 10.2 Å². The van der Waals surface area contributed by atoms with E-state index < -0.39 is 5.41 Å². The van der Waals surface area contributed by atoms with Crippen molar-refractivity contribution in [2.45, 2.75) is 12.3 Å². The Morgan fingerprint density at radius 3 is 1.58 bits per heavy atom. The second-order valence-electron chi connectivity index (χ2n) is 6.79. The van der Waals surface area contributed by atoms with Gasteiger partial charge in [0.05, 0.1) is 13.1 Å². The van der Waals surface area contributed by atoms with Crippen LogP contribution in [0.2, 0.25) is 0 Å². The summed E-state index contributed by atoms with van der Waals surface area (Å²) >= 11 is 0. The SMILES string of the molecule is CC(CN=Cc1ccccc1[O-])(CN=Cc1ccccc1[O-])c1ccccn1.CO.CO.[Cu+2]. The van der Waals surface area contributed by atoms with E-state index in [1.807, 2.05) is 37.3 Å². The van der Waals surface area contributed by atoms with Gasteiger partial charge >= 0.3 is 17.1 Å². The largest absolute Gasteiger partial charge is 2.00 e. The van der Waals surface area contributed by atoms with Crippen LogP contribution in [0.15, 0.2) is 82.9 Å². The Balaban J connectivity index is 0.00000194. The number of rotatable bonds is 7. The fourth-order valence-electron chi connectivity index (χ4n) is 2.80. The molecule has 0 fully saturated rings. The van der Waals surface area contributed by atoms with E-state index in [1.165, 1.54) is 12.1 Å². The van der Waals surface area contributed by atoms with Crippen molar-refractivity contribution >= 4 is 12.4 Å². The van der Waals surface area contributed by atoms with E-state index in [1.54, 1.807) is 42.9 Å². The third-order valence-electron chi connectivity index (χ3n) is 4.46. The van der Waals surface area contributed by atoms with E-state index >= 15 is 0 Å². The van der Waals surface area contributed by atoms with Crippen LogP contribution < -0.4 is 10.2 Å². The van der Waals surface area contributed by atoms with E-state index in [4.69, 9.17) is 10.2 Å². The number of pyridine rings is 1. The van der Waals surface area contributed by atoms with Gasteiger partial charge in [-0.15, -0.1) is 11.5 Å². The maximum Gasteiger partial charge on any atom is 2.00 e. The van der Waals surface area contributed by atoms with E-state index in [0.29, 0.717) is 24.2 Å². The maximum atomic E-state index is 11.8. The number of aliphatic hydroxyl groups is 2. The summed E-state index contributed by atoms with van der Waals surface area (Å²) < 4.78 is 0. The van der Waals surface area contributed by atoms with Crippen LogP contribution in [0.5, 0.6) is 11.5 Å². The van der Waals surface area contributed by atoms with E-state index in [2.05, 4.69) is 15.0 Å². The first-order chi connectivity index (χ1) is 15.6. The molecule has 0 bridgehead atoms. The van der Waals surface area contributed by atoms with Crippen molar-refractivity contribution in [1.29, 1.82) is 0 Å². The molecule has 0 saturated carbocycles. The number of benzene rings is 2. The second-order valence-corrected chi connectivity index (χ2v) is 6.79. The van der Waals surface area contributed by atoms with Crippen molar-refractivity contribution in [3.63, 3.8) is 0 Å². The number of aliphatic hydroxyl groups excluding tert-OH is 2. The minimum atomic E-state index is -0.468. The molecule has 2 aromatic carbocycles. The minimum Gasteiger partial charge on any atom is -0.872 e. The Hall–Kier alpha value is -3.03. The third kappa shape index (κ3) is 9.55. The van der Waals surface area contributed by atoms with Gasteiger partial charge in [0.25, 0.3) is 0 Å². The van der Waals surface area contributed by atoms with Crippen molar-refractivity contribution in [3.05, 3.63) is 89.7 Å². The third-order valence-corrected chi connectivity index (χ3v) is 4.46. The summed E-state index contributed by atoms with van der Waals surface area (Å²) in [6, 6.07) is 19.3. The van der Waals surface area contributed by atoms with Crippen molar-refractivity contribution in [3.8, 4) is 11.5 Å². The van der Waals surface area contributed by atoms with E-state index in [0.717, 1.165) is 19.9 Å². The molecule has 0 spiro atoms. The molecule has 33 heavy (non-hydrogen) atoms. The number of hydrogen-bond acceptors (Lipinski definition) is 7. The normalized spacial score (nSPS) is 12.0. The summed E-state index contributed by atoms with van der Waals surface area (Å²) in [6.45, 7) is 2.85. The average Bonchev–Trinajstić information content (AvgIpc) is 2.85. The van der Waals surface area contributed by atoms with Gasteiger partial charge in [-0.1, -0.05) is 61.5 Å². The first kappa shape index (κ1) is 30.0. The zero-order valence-corrected chi connectivity index (χ0v) is 19.8. The molecule has 179 valence electrons. The topological polar surface area (TPSA) is 124 Å². The van der Waals surface area contributed by atoms with Crippen LogP contribution >= 0.6 is 0 Å². The number of para-hydroxylation sites is 2. The maximum absolute atomic E-state index is 11.8. The van der Waals surface area contributed by atoms with Crippen molar-refractivity contribution in [2.75, 3.05) is 27.3 Å². The predicted octanol–water partition coefficient (Wildman–Crippen LogP) is 1.94. The summed E-state index contributed by atoms with van der Waals surface area (Å²) in [7, 11) is 2.00. The zero-order valence-electron chi connectivity index (χ0n) is 18.9. The van der Waals surface area contributed by atoms with Gasteiger partial charge in [0.2, 0.25) is 0 Å². The van der Waals surface area contributed by atoms with Gasteiger partial charge in [0, 0.05) is 44.0 Å². The molecule has 0 aliphatic rings. The minimum absolute atomic E-state index is 0. The zero-order chi connectivity index (χ0) is 23.8. The molecule has 1 aromatic heterocycles. The summed E-state index contributed by atoms with van der Waals surface area (Å²) in [5.41, 5.74) is 1.49. The molecular formula is C25H29CuN3O4. The average molecular weight is 499 g/mol. The van der Waals surface area contributed by atoms with Crippen LogP contribution in [-0.2, 0) is 22.5 Å². The molecule has 8 heteroatoms. The van der Waals surface area contributed by atoms with Crippen LogP contribution in [0.1, 0.15) is 23.7 Å². The molecule has 2 N–H and O–H groups in total. The van der Waals surface area contributed by atoms with Gasteiger partial charge in [-0.25, -0.2) is 0 Å². The quantitative estimate of drug-likeness (QED) is 0.380. The molecule has 0 amide bonds. The number of aliphatic imine (C=N–C) groups is 2. The second kappa shape index (κ2) is 16.6. The van der Waals surface area contributed by atoms with Gasteiger partial charge in [0.1, 0.15) is 0 Å². The van der Waals surface area contributed by atoms with Gasteiger partial charge < -0.3 is 20.4 Å². The number of aromatic nitrogens is 1. The standard InChI is InChI=1S/C23H23N3O2.2CH4O.Cu/c1-23(22-12-6-7-13-26-22,16-24-14-18-8-2-4-10-20(18)27)17-25-15-19-9-3-5-11-21(19)28;2*1-2;/h2-15,27-28H,16-17H2,1H3;2*2H,1H3;/q;;;+2/p-2. The number of hydrogen-bond donors (Lipinski definition) is 2. The Morgan fingerprint density at radius 2 is 1.18 bits per heavy atom. The molecule has 3 rings (SSSR count). The fraction of sp³-hybridized carbons (Fsp3) is 0.240. The molecule has 3 aromatic rings.